The zero-order chi connectivity index (χ0) is 26.6. The second-order valence-electron chi connectivity index (χ2n) is 8.24. The fourth-order valence-electron chi connectivity index (χ4n) is 3.91. The molecule has 0 atom stereocenters. The van der Waals surface area contributed by atoms with Gasteiger partial charge in [-0.2, -0.15) is 5.10 Å². The second-order valence-corrected chi connectivity index (χ2v) is 10.5. The number of hydrogen-bond donors (Lipinski definition) is 1. The van der Waals surface area contributed by atoms with Crippen LogP contribution in [0.3, 0.4) is 0 Å². The highest BCUT2D eigenvalue weighted by Gasteiger charge is 2.27. The number of rotatable bonds is 8. The van der Waals surface area contributed by atoms with Crippen LogP contribution in [0.1, 0.15) is 17.0 Å². The van der Waals surface area contributed by atoms with Crippen molar-refractivity contribution in [3.05, 3.63) is 113 Å². The summed E-state index contributed by atoms with van der Waals surface area (Å²) < 4.78 is 43.0. The van der Waals surface area contributed by atoms with Crippen LogP contribution in [0.15, 0.2) is 94.9 Å². The van der Waals surface area contributed by atoms with Gasteiger partial charge in [0.1, 0.15) is 12.4 Å². The molecule has 190 valence electrons. The average molecular weight is 539 g/mol. The van der Waals surface area contributed by atoms with Gasteiger partial charge in [0.25, 0.3) is 15.9 Å². The van der Waals surface area contributed by atoms with Gasteiger partial charge >= 0.3 is 0 Å². The van der Waals surface area contributed by atoms with Crippen molar-refractivity contribution < 1.29 is 17.6 Å². The summed E-state index contributed by atoms with van der Waals surface area (Å²) in [6.07, 6.45) is 1.50. The van der Waals surface area contributed by atoms with Gasteiger partial charge in [0.05, 0.1) is 16.8 Å². The number of aromatic nitrogens is 1. The highest BCUT2D eigenvalue weighted by atomic mass is 35.5. The largest absolute Gasteiger partial charge is 0.318 e. The van der Waals surface area contributed by atoms with Crippen molar-refractivity contribution in [1.29, 1.82) is 0 Å². The Hall–Kier alpha value is -3.95. The van der Waals surface area contributed by atoms with Gasteiger partial charge < -0.3 is 4.57 Å². The maximum absolute atomic E-state index is 13.5. The molecule has 0 aliphatic rings. The van der Waals surface area contributed by atoms with Gasteiger partial charge in [0, 0.05) is 27.7 Å². The smallest absolute Gasteiger partial charge is 0.264 e. The molecule has 7 nitrogen and oxygen atoms in total. The zero-order valence-corrected chi connectivity index (χ0v) is 21.7. The van der Waals surface area contributed by atoms with E-state index >= 15 is 0 Å². The molecular formula is C27H24ClFN4O3S. The van der Waals surface area contributed by atoms with E-state index in [9.17, 15) is 17.6 Å². The van der Waals surface area contributed by atoms with Gasteiger partial charge in [0.15, 0.2) is 0 Å². The molecule has 0 aliphatic heterocycles. The molecule has 4 rings (SSSR count). The van der Waals surface area contributed by atoms with Crippen LogP contribution >= 0.6 is 11.6 Å². The van der Waals surface area contributed by atoms with Crippen LogP contribution in [-0.2, 0) is 14.8 Å². The minimum atomic E-state index is -4.10. The molecule has 37 heavy (non-hydrogen) atoms. The molecule has 4 aromatic rings. The third-order valence-corrected chi connectivity index (χ3v) is 7.69. The lowest BCUT2D eigenvalue weighted by Gasteiger charge is -2.23. The summed E-state index contributed by atoms with van der Waals surface area (Å²) in [5.74, 6) is -1.19. The van der Waals surface area contributed by atoms with Crippen LogP contribution in [0, 0.1) is 19.7 Å². The molecule has 0 aliphatic carbocycles. The fourth-order valence-corrected chi connectivity index (χ4v) is 5.54. The van der Waals surface area contributed by atoms with Gasteiger partial charge in [-0.05, 0) is 74.5 Å². The molecule has 1 amide bonds. The van der Waals surface area contributed by atoms with Gasteiger partial charge in [-0.3, -0.25) is 9.10 Å². The number of hydrazone groups is 1. The summed E-state index contributed by atoms with van der Waals surface area (Å²) >= 11 is 6.14. The summed E-state index contributed by atoms with van der Waals surface area (Å²) in [6, 6.07) is 21.9. The van der Waals surface area contributed by atoms with Crippen LogP contribution in [0.25, 0.3) is 5.69 Å². The Morgan fingerprint density at radius 3 is 2.41 bits per heavy atom. The quantitative estimate of drug-likeness (QED) is 0.246. The first-order valence-electron chi connectivity index (χ1n) is 11.3. The summed E-state index contributed by atoms with van der Waals surface area (Å²) in [4.78, 5) is 12.8. The van der Waals surface area contributed by atoms with Crippen molar-refractivity contribution in [1.82, 2.24) is 9.99 Å². The van der Waals surface area contributed by atoms with E-state index in [-0.39, 0.29) is 10.6 Å². The van der Waals surface area contributed by atoms with Gasteiger partial charge in [-0.15, -0.1) is 0 Å². The van der Waals surface area contributed by atoms with Crippen molar-refractivity contribution in [2.45, 2.75) is 18.7 Å². The Morgan fingerprint density at radius 2 is 1.73 bits per heavy atom. The lowest BCUT2D eigenvalue weighted by Crippen LogP contribution is -2.39. The number of aryl methyl sites for hydroxylation is 1. The number of nitrogens with one attached hydrogen (secondary N) is 1. The highest BCUT2D eigenvalue weighted by Crippen LogP contribution is 2.24. The molecular weight excluding hydrogens is 515 g/mol. The molecule has 0 saturated carbocycles. The zero-order valence-electron chi connectivity index (χ0n) is 20.1. The van der Waals surface area contributed by atoms with Crippen LogP contribution in [0.2, 0.25) is 5.02 Å². The highest BCUT2D eigenvalue weighted by molar-refractivity contribution is 7.92. The van der Waals surface area contributed by atoms with Gasteiger partial charge in [-0.1, -0.05) is 35.9 Å². The maximum Gasteiger partial charge on any atom is 0.264 e. The van der Waals surface area contributed by atoms with Crippen LogP contribution in [0.5, 0.6) is 0 Å². The first-order valence-corrected chi connectivity index (χ1v) is 13.1. The number of carbonyl (C=O) groups excluding carboxylic acids is 1. The molecule has 1 heterocycles. The number of sulfonamides is 1. The molecule has 1 aromatic heterocycles. The first kappa shape index (κ1) is 26.1. The standard InChI is InChI=1S/C27H24ClFN4O3S/c1-19-15-21(20(2)33(19)25-8-6-7-22(28)16-25)17-30-31-27(34)18-32(24-13-11-23(29)12-14-24)37(35,36)26-9-4-3-5-10-26/h3-17H,18H2,1-2H3,(H,31,34)/b30-17-. The molecule has 1 N–H and O–H groups in total. The van der Waals surface area contributed by atoms with Gasteiger partial charge in [0.2, 0.25) is 0 Å². The van der Waals surface area contributed by atoms with Crippen LogP contribution in [0.4, 0.5) is 10.1 Å². The monoisotopic (exact) mass is 538 g/mol. The van der Waals surface area contributed by atoms with Crippen molar-refractivity contribution in [2.75, 3.05) is 10.8 Å². The summed E-state index contributed by atoms with van der Waals surface area (Å²) in [5.41, 5.74) is 6.04. The van der Waals surface area contributed by atoms with Crippen molar-refractivity contribution in [3.8, 4) is 5.69 Å². The Balaban J connectivity index is 1.54. The van der Waals surface area contributed by atoms with E-state index in [2.05, 4.69) is 10.5 Å². The molecule has 10 heteroatoms. The normalized spacial score (nSPS) is 11.6. The van der Waals surface area contributed by atoms with E-state index in [0.29, 0.717) is 5.02 Å². The van der Waals surface area contributed by atoms with Crippen molar-refractivity contribution in [3.63, 3.8) is 0 Å². The molecule has 0 spiro atoms. The number of amides is 1. The third kappa shape index (κ3) is 5.90. The minimum Gasteiger partial charge on any atom is -0.318 e. The second kappa shape index (κ2) is 11.0. The molecule has 0 radical (unpaired) electrons. The number of benzene rings is 3. The summed E-state index contributed by atoms with van der Waals surface area (Å²) in [5, 5.41) is 4.65. The molecule has 0 bridgehead atoms. The van der Waals surface area contributed by atoms with E-state index < -0.39 is 28.3 Å². The average Bonchev–Trinajstić information content (AvgIpc) is 3.16. The van der Waals surface area contributed by atoms with Crippen LogP contribution in [-0.4, -0.2) is 31.7 Å². The maximum atomic E-state index is 13.5. The van der Waals surface area contributed by atoms with E-state index in [0.717, 1.165) is 39.1 Å². The Kier molecular flexibility index (Phi) is 7.75. The SMILES string of the molecule is Cc1cc(/C=N\NC(=O)CN(c2ccc(F)cc2)S(=O)(=O)c2ccccc2)c(C)n1-c1cccc(Cl)c1. The predicted octanol–water partition coefficient (Wildman–Crippen LogP) is 5.23. The van der Waals surface area contributed by atoms with Crippen molar-refractivity contribution in [2.24, 2.45) is 5.10 Å². The number of halogens is 2. The number of nitrogens with zero attached hydrogens (tertiary/aromatic N) is 3. The summed E-state index contributed by atoms with van der Waals surface area (Å²) in [7, 11) is -4.10. The molecule has 0 fully saturated rings. The Bertz CT molecular complexity index is 1550. The Morgan fingerprint density at radius 1 is 1.03 bits per heavy atom. The first-order chi connectivity index (χ1) is 17.7. The molecule has 0 unspecified atom stereocenters. The number of carbonyl (C=O) groups is 1. The van der Waals surface area contributed by atoms with Gasteiger partial charge in [-0.25, -0.2) is 18.2 Å². The summed E-state index contributed by atoms with van der Waals surface area (Å²) in [6.45, 7) is 3.31. The van der Waals surface area contributed by atoms with E-state index in [1.807, 2.05) is 42.7 Å². The van der Waals surface area contributed by atoms with E-state index in [4.69, 9.17) is 11.6 Å². The lowest BCUT2D eigenvalue weighted by molar-refractivity contribution is -0.119. The third-order valence-electron chi connectivity index (χ3n) is 5.66. The number of anilines is 1. The Labute approximate surface area is 219 Å². The molecule has 0 saturated heterocycles. The van der Waals surface area contributed by atoms with E-state index in [1.165, 1.54) is 30.5 Å². The minimum absolute atomic E-state index is 0.00378. The van der Waals surface area contributed by atoms with E-state index in [1.54, 1.807) is 24.3 Å². The predicted molar refractivity (Wildman–Crippen MR) is 143 cm³/mol. The fraction of sp³-hybridized carbons (Fsp3) is 0.111. The molecule has 3 aromatic carbocycles. The van der Waals surface area contributed by atoms with Crippen molar-refractivity contribution >= 4 is 39.4 Å². The number of hydrogen-bond acceptors (Lipinski definition) is 4. The lowest BCUT2D eigenvalue weighted by atomic mass is 10.2. The topological polar surface area (TPSA) is 83.8 Å². The van der Waals surface area contributed by atoms with Crippen LogP contribution < -0.4 is 9.73 Å².